The number of carbonyl (C=O) groups excluding carboxylic acids is 1. The molecule has 1 saturated carbocycles. The van der Waals surface area contributed by atoms with E-state index in [0.29, 0.717) is 0 Å². The van der Waals surface area contributed by atoms with E-state index in [1.165, 1.54) is 6.07 Å². The number of hydrogen-bond donors (Lipinski definition) is 3. The van der Waals surface area contributed by atoms with Crippen LogP contribution >= 0.6 is 0 Å². The molecule has 1 unspecified atom stereocenters. The maximum absolute atomic E-state index is 11.9. The van der Waals surface area contributed by atoms with E-state index in [9.17, 15) is 15.0 Å². The molecular weight excluding hydrogens is 230 g/mol. The second kappa shape index (κ2) is 4.61. The SMILES string of the molecule is Cc1ccc(O)c(C(=O)NCC(C)(O)C2CC2)c1. The van der Waals surface area contributed by atoms with Gasteiger partial charge in [-0.05, 0) is 44.7 Å². The van der Waals surface area contributed by atoms with E-state index in [0.717, 1.165) is 18.4 Å². The summed E-state index contributed by atoms with van der Waals surface area (Å²) in [5.41, 5.74) is 0.309. The molecule has 1 atom stereocenters. The van der Waals surface area contributed by atoms with Gasteiger partial charge in [0.15, 0.2) is 0 Å². The number of phenols is 1. The van der Waals surface area contributed by atoms with Gasteiger partial charge in [-0.1, -0.05) is 11.6 Å². The van der Waals surface area contributed by atoms with Crippen molar-refractivity contribution in [2.45, 2.75) is 32.3 Å². The monoisotopic (exact) mass is 249 g/mol. The summed E-state index contributed by atoms with van der Waals surface area (Å²) in [6.45, 7) is 3.81. The summed E-state index contributed by atoms with van der Waals surface area (Å²) in [7, 11) is 0. The largest absolute Gasteiger partial charge is 0.507 e. The summed E-state index contributed by atoms with van der Waals surface area (Å²) in [4.78, 5) is 11.9. The molecule has 0 saturated heterocycles. The van der Waals surface area contributed by atoms with Crippen molar-refractivity contribution in [2.75, 3.05) is 6.54 Å². The Balaban J connectivity index is 2.01. The van der Waals surface area contributed by atoms with E-state index in [-0.39, 0.29) is 29.7 Å². The van der Waals surface area contributed by atoms with Gasteiger partial charge >= 0.3 is 0 Å². The minimum Gasteiger partial charge on any atom is -0.507 e. The molecule has 0 radical (unpaired) electrons. The van der Waals surface area contributed by atoms with E-state index in [1.54, 1.807) is 19.1 Å². The van der Waals surface area contributed by atoms with Gasteiger partial charge in [0.05, 0.1) is 11.2 Å². The molecule has 0 heterocycles. The first kappa shape index (κ1) is 12.9. The predicted octanol–water partition coefficient (Wildman–Crippen LogP) is 1.59. The molecule has 3 N–H and O–H groups in total. The van der Waals surface area contributed by atoms with Crippen LogP contribution < -0.4 is 5.32 Å². The highest BCUT2D eigenvalue weighted by Crippen LogP contribution is 2.39. The Labute approximate surface area is 107 Å². The van der Waals surface area contributed by atoms with Crippen LogP contribution in [0.4, 0.5) is 0 Å². The topological polar surface area (TPSA) is 69.6 Å². The summed E-state index contributed by atoms with van der Waals surface area (Å²) in [6.07, 6.45) is 2.02. The molecule has 1 aliphatic carbocycles. The van der Waals surface area contributed by atoms with Crippen molar-refractivity contribution in [2.24, 2.45) is 5.92 Å². The van der Waals surface area contributed by atoms with Crippen molar-refractivity contribution in [1.29, 1.82) is 0 Å². The van der Waals surface area contributed by atoms with Gasteiger partial charge in [0.1, 0.15) is 5.75 Å². The number of hydrogen-bond acceptors (Lipinski definition) is 3. The molecule has 0 aliphatic heterocycles. The third-order valence-electron chi connectivity index (χ3n) is 3.46. The zero-order chi connectivity index (χ0) is 13.3. The van der Waals surface area contributed by atoms with Crippen LogP contribution in [0.15, 0.2) is 18.2 Å². The average Bonchev–Trinajstić information content (AvgIpc) is 3.13. The number of benzene rings is 1. The minimum atomic E-state index is -0.852. The lowest BCUT2D eigenvalue weighted by Crippen LogP contribution is -2.42. The minimum absolute atomic E-state index is 0.0378. The standard InChI is InChI=1S/C14H19NO3/c1-9-3-6-12(16)11(7-9)13(17)15-8-14(2,18)10-4-5-10/h3,6-7,10,16,18H,4-5,8H2,1-2H3,(H,15,17). The van der Waals surface area contributed by atoms with Gasteiger partial charge in [0.25, 0.3) is 5.91 Å². The summed E-state index contributed by atoms with van der Waals surface area (Å²) in [5, 5.41) is 22.4. The third-order valence-corrected chi connectivity index (χ3v) is 3.46. The summed E-state index contributed by atoms with van der Waals surface area (Å²) in [6, 6.07) is 4.88. The molecular formula is C14H19NO3. The van der Waals surface area contributed by atoms with Crippen molar-refractivity contribution in [3.05, 3.63) is 29.3 Å². The predicted molar refractivity (Wildman–Crippen MR) is 68.5 cm³/mol. The normalized spacial score (nSPS) is 18.2. The van der Waals surface area contributed by atoms with E-state index in [2.05, 4.69) is 5.32 Å². The highest BCUT2D eigenvalue weighted by Gasteiger charge is 2.40. The van der Waals surface area contributed by atoms with Gasteiger partial charge in [0.2, 0.25) is 0 Å². The Morgan fingerprint density at radius 1 is 1.50 bits per heavy atom. The number of rotatable bonds is 4. The number of nitrogens with one attached hydrogen (secondary N) is 1. The Bertz CT molecular complexity index is 464. The molecule has 2 rings (SSSR count). The first-order valence-electron chi connectivity index (χ1n) is 6.20. The molecule has 1 aromatic carbocycles. The quantitative estimate of drug-likeness (QED) is 0.759. The Kier molecular flexibility index (Phi) is 3.30. The number of aryl methyl sites for hydroxylation is 1. The first-order valence-corrected chi connectivity index (χ1v) is 6.20. The van der Waals surface area contributed by atoms with Crippen LogP contribution in [-0.4, -0.2) is 28.3 Å². The Morgan fingerprint density at radius 2 is 2.17 bits per heavy atom. The van der Waals surface area contributed by atoms with Gasteiger partial charge in [-0.3, -0.25) is 4.79 Å². The molecule has 1 aromatic rings. The van der Waals surface area contributed by atoms with Gasteiger partial charge in [-0.25, -0.2) is 0 Å². The molecule has 18 heavy (non-hydrogen) atoms. The fourth-order valence-electron chi connectivity index (χ4n) is 2.04. The molecule has 0 bridgehead atoms. The fraction of sp³-hybridized carbons (Fsp3) is 0.500. The highest BCUT2D eigenvalue weighted by molar-refractivity contribution is 5.97. The molecule has 1 fully saturated rings. The van der Waals surface area contributed by atoms with Crippen molar-refractivity contribution in [3.8, 4) is 5.75 Å². The first-order chi connectivity index (χ1) is 8.40. The number of aromatic hydroxyl groups is 1. The van der Waals surface area contributed by atoms with Crippen molar-refractivity contribution in [3.63, 3.8) is 0 Å². The Hall–Kier alpha value is -1.55. The van der Waals surface area contributed by atoms with Crippen molar-refractivity contribution >= 4 is 5.91 Å². The van der Waals surface area contributed by atoms with Crippen LogP contribution in [0, 0.1) is 12.8 Å². The van der Waals surface area contributed by atoms with E-state index in [4.69, 9.17) is 0 Å². The molecule has 0 spiro atoms. The van der Waals surface area contributed by atoms with Gasteiger partial charge < -0.3 is 15.5 Å². The van der Waals surface area contributed by atoms with Crippen LogP contribution in [0.5, 0.6) is 5.75 Å². The number of amides is 1. The van der Waals surface area contributed by atoms with E-state index < -0.39 is 5.60 Å². The number of phenolic OH excluding ortho intramolecular Hbond substituents is 1. The number of carbonyl (C=O) groups is 1. The zero-order valence-corrected chi connectivity index (χ0v) is 10.7. The van der Waals surface area contributed by atoms with Crippen LogP contribution in [0.25, 0.3) is 0 Å². The Morgan fingerprint density at radius 3 is 2.78 bits per heavy atom. The third kappa shape index (κ3) is 2.82. The van der Waals surface area contributed by atoms with Crippen LogP contribution in [0.2, 0.25) is 0 Å². The lowest BCUT2D eigenvalue weighted by Gasteiger charge is -2.23. The smallest absolute Gasteiger partial charge is 0.255 e. The highest BCUT2D eigenvalue weighted by atomic mass is 16.3. The average molecular weight is 249 g/mol. The van der Waals surface area contributed by atoms with Crippen LogP contribution in [0.1, 0.15) is 35.7 Å². The summed E-state index contributed by atoms with van der Waals surface area (Å²) >= 11 is 0. The van der Waals surface area contributed by atoms with Crippen LogP contribution in [-0.2, 0) is 0 Å². The van der Waals surface area contributed by atoms with Crippen LogP contribution in [0.3, 0.4) is 0 Å². The van der Waals surface area contributed by atoms with Gasteiger partial charge in [-0.15, -0.1) is 0 Å². The van der Waals surface area contributed by atoms with Gasteiger partial charge in [0, 0.05) is 6.54 Å². The fourth-order valence-corrected chi connectivity index (χ4v) is 2.04. The molecule has 4 nitrogen and oxygen atoms in total. The molecule has 0 aromatic heterocycles. The second-order valence-corrected chi connectivity index (χ2v) is 5.33. The maximum atomic E-state index is 11.9. The lowest BCUT2D eigenvalue weighted by atomic mass is 10.0. The molecule has 1 aliphatic rings. The number of aliphatic hydroxyl groups is 1. The van der Waals surface area contributed by atoms with Crippen molar-refractivity contribution < 1.29 is 15.0 Å². The summed E-state index contributed by atoms with van der Waals surface area (Å²) < 4.78 is 0. The zero-order valence-electron chi connectivity index (χ0n) is 10.7. The summed E-state index contributed by atoms with van der Waals surface area (Å²) in [5.74, 6) is -0.106. The molecule has 98 valence electrons. The molecule has 4 heteroatoms. The van der Waals surface area contributed by atoms with E-state index >= 15 is 0 Å². The second-order valence-electron chi connectivity index (χ2n) is 5.33. The van der Waals surface area contributed by atoms with E-state index in [1.807, 2.05) is 6.92 Å². The lowest BCUT2D eigenvalue weighted by molar-refractivity contribution is 0.0354. The van der Waals surface area contributed by atoms with Gasteiger partial charge in [-0.2, -0.15) is 0 Å². The maximum Gasteiger partial charge on any atom is 0.255 e. The molecule has 1 amide bonds. The van der Waals surface area contributed by atoms with Crippen molar-refractivity contribution in [1.82, 2.24) is 5.32 Å².